The lowest BCUT2D eigenvalue weighted by Gasteiger charge is -2.15. The topological polar surface area (TPSA) is 92.5 Å². The van der Waals surface area contributed by atoms with E-state index < -0.39 is 4.92 Å². The monoisotopic (exact) mass is 280 g/mol. The average molecular weight is 280 g/mol. The van der Waals surface area contributed by atoms with E-state index in [1.807, 2.05) is 13.8 Å². The second kappa shape index (κ2) is 7.47. The number of nitro groups is 1. The molecule has 0 spiro atoms. The Hall–Kier alpha value is -2.11. The average Bonchev–Trinajstić information content (AvgIpc) is 2.40. The van der Waals surface area contributed by atoms with E-state index in [0.29, 0.717) is 0 Å². The first-order valence-electron chi connectivity index (χ1n) is 6.77. The molecule has 1 aromatic carbocycles. The minimum atomic E-state index is -0.595. The Labute approximate surface area is 118 Å². The fourth-order valence-corrected chi connectivity index (χ4v) is 2.08. The van der Waals surface area contributed by atoms with Crippen molar-refractivity contribution in [3.05, 3.63) is 28.3 Å². The van der Waals surface area contributed by atoms with Gasteiger partial charge < -0.3 is 10.4 Å². The summed E-state index contributed by atoms with van der Waals surface area (Å²) in [5.41, 5.74) is -0.00280. The highest BCUT2D eigenvalue weighted by atomic mass is 16.6. The van der Waals surface area contributed by atoms with Gasteiger partial charge in [0.2, 0.25) is 5.91 Å². The molecule has 0 bridgehead atoms. The number of phenols is 1. The van der Waals surface area contributed by atoms with Gasteiger partial charge in [0.25, 0.3) is 5.69 Å². The third-order valence-electron chi connectivity index (χ3n) is 3.10. The van der Waals surface area contributed by atoms with Crippen LogP contribution in [-0.2, 0) is 4.79 Å². The number of hydrogen-bond donors (Lipinski definition) is 2. The molecule has 0 fully saturated rings. The van der Waals surface area contributed by atoms with E-state index in [0.717, 1.165) is 31.7 Å². The molecule has 1 amide bonds. The SMILES string of the molecule is CCCC(CCC)C(=O)Nc1ccc([N+](=O)[O-])cc1O. The molecule has 0 aliphatic carbocycles. The van der Waals surface area contributed by atoms with Crippen LogP contribution in [0.25, 0.3) is 0 Å². The molecule has 0 atom stereocenters. The van der Waals surface area contributed by atoms with Crippen molar-refractivity contribution in [3.8, 4) is 5.75 Å². The molecule has 0 aliphatic heterocycles. The van der Waals surface area contributed by atoms with Gasteiger partial charge in [-0.05, 0) is 18.9 Å². The van der Waals surface area contributed by atoms with Crippen LogP contribution in [0, 0.1) is 16.0 Å². The standard InChI is InChI=1S/C14H20N2O4/c1-3-5-10(6-4-2)14(18)15-12-8-7-11(16(19)20)9-13(12)17/h7-10,17H,3-6H2,1-2H3,(H,15,18). The van der Waals surface area contributed by atoms with E-state index in [1.54, 1.807) is 0 Å². The van der Waals surface area contributed by atoms with E-state index in [9.17, 15) is 20.0 Å². The van der Waals surface area contributed by atoms with E-state index >= 15 is 0 Å². The number of hydrogen-bond acceptors (Lipinski definition) is 4. The normalized spacial score (nSPS) is 10.6. The van der Waals surface area contributed by atoms with Crippen LogP contribution in [0.4, 0.5) is 11.4 Å². The highest BCUT2D eigenvalue weighted by Gasteiger charge is 2.18. The van der Waals surface area contributed by atoms with Crippen molar-refractivity contribution in [2.75, 3.05) is 5.32 Å². The summed E-state index contributed by atoms with van der Waals surface area (Å²) in [6.45, 7) is 4.03. The summed E-state index contributed by atoms with van der Waals surface area (Å²) in [5, 5.41) is 22.9. The summed E-state index contributed by atoms with van der Waals surface area (Å²) in [5.74, 6) is -0.545. The number of nitro benzene ring substituents is 1. The molecule has 0 unspecified atom stereocenters. The first-order valence-corrected chi connectivity index (χ1v) is 6.77. The molecule has 0 heterocycles. The number of anilines is 1. The summed E-state index contributed by atoms with van der Waals surface area (Å²) in [6.07, 6.45) is 3.38. The lowest BCUT2D eigenvalue weighted by atomic mass is 9.97. The first kappa shape index (κ1) is 15.9. The number of aromatic hydroxyl groups is 1. The zero-order chi connectivity index (χ0) is 15.1. The number of rotatable bonds is 7. The minimum absolute atomic E-state index is 0.0976. The maximum Gasteiger partial charge on any atom is 0.273 e. The van der Waals surface area contributed by atoms with Gasteiger partial charge in [-0.1, -0.05) is 26.7 Å². The number of non-ortho nitro benzene ring substituents is 1. The van der Waals surface area contributed by atoms with Gasteiger partial charge in [-0.2, -0.15) is 0 Å². The van der Waals surface area contributed by atoms with Gasteiger partial charge in [-0.25, -0.2) is 0 Å². The number of nitrogens with zero attached hydrogens (tertiary/aromatic N) is 1. The van der Waals surface area contributed by atoms with Crippen LogP contribution >= 0.6 is 0 Å². The van der Waals surface area contributed by atoms with Crippen molar-refractivity contribution in [1.82, 2.24) is 0 Å². The Morgan fingerprint density at radius 1 is 1.35 bits per heavy atom. The molecule has 0 radical (unpaired) electrons. The van der Waals surface area contributed by atoms with Crippen LogP contribution in [0.1, 0.15) is 39.5 Å². The quantitative estimate of drug-likeness (QED) is 0.454. The number of phenolic OH excluding ortho intramolecular Hbond substituents is 1. The molecule has 1 aromatic rings. The van der Waals surface area contributed by atoms with Gasteiger partial charge in [-0.15, -0.1) is 0 Å². The fraction of sp³-hybridized carbons (Fsp3) is 0.500. The summed E-state index contributed by atoms with van der Waals surface area (Å²) in [4.78, 5) is 22.1. The van der Waals surface area contributed by atoms with Gasteiger partial charge in [0.15, 0.2) is 0 Å². The molecule has 2 N–H and O–H groups in total. The van der Waals surface area contributed by atoms with Gasteiger partial charge in [0.1, 0.15) is 5.75 Å². The van der Waals surface area contributed by atoms with Crippen LogP contribution in [-0.4, -0.2) is 15.9 Å². The molecule has 1 rings (SSSR count). The molecule has 6 nitrogen and oxygen atoms in total. The zero-order valence-corrected chi connectivity index (χ0v) is 11.8. The smallest absolute Gasteiger partial charge is 0.273 e. The van der Waals surface area contributed by atoms with Gasteiger partial charge >= 0.3 is 0 Å². The number of carbonyl (C=O) groups excluding carboxylic acids is 1. The third kappa shape index (κ3) is 4.22. The Morgan fingerprint density at radius 3 is 2.40 bits per heavy atom. The molecule has 110 valence electrons. The third-order valence-corrected chi connectivity index (χ3v) is 3.10. The van der Waals surface area contributed by atoms with Crippen molar-refractivity contribution in [3.63, 3.8) is 0 Å². The molecule has 0 saturated carbocycles. The minimum Gasteiger partial charge on any atom is -0.506 e. The largest absolute Gasteiger partial charge is 0.506 e. The van der Waals surface area contributed by atoms with Crippen LogP contribution in [0.15, 0.2) is 18.2 Å². The fourth-order valence-electron chi connectivity index (χ4n) is 2.08. The lowest BCUT2D eigenvalue weighted by Crippen LogP contribution is -2.22. The Kier molecular flexibility index (Phi) is 5.96. The number of nitrogens with one attached hydrogen (secondary N) is 1. The van der Waals surface area contributed by atoms with Crippen LogP contribution in [0.5, 0.6) is 5.75 Å². The first-order chi connectivity index (χ1) is 9.49. The molecular formula is C14H20N2O4. The Balaban J connectivity index is 2.81. The van der Waals surface area contributed by atoms with Gasteiger partial charge in [-0.3, -0.25) is 14.9 Å². The summed E-state index contributed by atoms with van der Waals surface area (Å²) in [7, 11) is 0. The molecule has 0 aromatic heterocycles. The summed E-state index contributed by atoms with van der Waals surface area (Å²) < 4.78 is 0. The maximum atomic E-state index is 12.1. The zero-order valence-electron chi connectivity index (χ0n) is 11.8. The second-order valence-corrected chi connectivity index (χ2v) is 4.72. The van der Waals surface area contributed by atoms with E-state index in [2.05, 4.69) is 5.32 Å². The number of benzene rings is 1. The van der Waals surface area contributed by atoms with Crippen molar-refractivity contribution < 1.29 is 14.8 Å². The van der Waals surface area contributed by atoms with E-state index in [1.165, 1.54) is 12.1 Å². The van der Waals surface area contributed by atoms with E-state index in [4.69, 9.17) is 0 Å². The second-order valence-electron chi connectivity index (χ2n) is 4.72. The molecule has 0 saturated heterocycles. The molecule has 20 heavy (non-hydrogen) atoms. The summed E-state index contributed by atoms with van der Waals surface area (Å²) in [6, 6.07) is 3.63. The van der Waals surface area contributed by atoms with Crippen molar-refractivity contribution >= 4 is 17.3 Å². The molecule has 0 aliphatic rings. The Morgan fingerprint density at radius 2 is 1.95 bits per heavy atom. The van der Waals surface area contributed by atoms with E-state index in [-0.39, 0.29) is 28.9 Å². The number of carbonyl (C=O) groups is 1. The van der Waals surface area contributed by atoms with Gasteiger partial charge in [0.05, 0.1) is 16.7 Å². The number of amides is 1. The van der Waals surface area contributed by atoms with Crippen LogP contribution in [0.2, 0.25) is 0 Å². The van der Waals surface area contributed by atoms with Crippen LogP contribution in [0.3, 0.4) is 0 Å². The highest BCUT2D eigenvalue weighted by molar-refractivity contribution is 5.94. The summed E-state index contributed by atoms with van der Waals surface area (Å²) >= 11 is 0. The van der Waals surface area contributed by atoms with Crippen LogP contribution < -0.4 is 5.32 Å². The maximum absolute atomic E-state index is 12.1. The van der Waals surface area contributed by atoms with Gasteiger partial charge in [0, 0.05) is 12.0 Å². The Bertz CT molecular complexity index is 482. The highest BCUT2D eigenvalue weighted by Crippen LogP contribution is 2.28. The predicted octanol–water partition coefficient (Wildman–Crippen LogP) is 3.46. The van der Waals surface area contributed by atoms with Crippen molar-refractivity contribution in [2.45, 2.75) is 39.5 Å². The predicted molar refractivity (Wildman–Crippen MR) is 76.7 cm³/mol. The van der Waals surface area contributed by atoms with Crippen molar-refractivity contribution in [2.24, 2.45) is 5.92 Å². The lowest BCUT2D eigenvalue weighted by molar-refractivity contribution is -0.384. The molecular weight excluding hydrogens is 260 g/mol. The molecule has 6 heteroatoms. The van der Waals surface area contributed by atoms with Crippen molar-refractivity contribution in [1.29, 1.82) is 0 Å².